The number of aliphatic hydroxyl groups excluding tert-OH is 1. The van der Waals surface area contributed by atoms with Gasteiger partial charge in [-0.05, 0) is 31.0 Å². The SMILES string of the molecule is Cc1c(Cl)cccc1N1CCN(C(=O)[C@@H]2CC(NC(=O)[C@H](O)CN)CN2)CC1. The summed E-state index contributed by atoms with van der Waals surface area (Å²) in [5, 5.41) is 16.1. The largest absolute Gasteiger partial charge is 0.382 e. The Kier molecular flexibility index (Phi) is 6.77. The number of amides is 2. The molecule has 2 aliphatic rings. The summed E-state index contributed by atoms with van der Waals surface area (Å²) in [4.78, 5) is 28.7. The van der Waals surface area contributed by atoms with Crippen LogP contribution in [0.3, 0.4) is 0 Å². The molecule has 154 valence electrons. The van der Waals surface area contributed by atoms with Crippen LogP contribution in [0.5, 0.6) is 0 Å². The number of anilines is 1. The van der Waals surface area contributed by atoms with Gasteiger partial charge in [0.25, 0.3) is 0 Å². The fourth-order valence-corrected chi connectivity index (χ4v) is 3.93. The second kappa shape index (κ2) is 9.09. The Bertz CT molecular complexity index is 724. The molecule has 3 rings (SSSR count). The van der Waals surface area contributed by atoms with Gasteiger partial charge >= 0.3 is 0 Å². The number of hydrogen-bond acceptors (Lipinski definition) is 6. The van der Waals surface area contributed by atoms with Crippen LogP contribution in [-0.4, -0.2) is 79.3 Å². The summed E-state index contributed by atoms with van der Waals surface area (Å²) >= 11 is 6.22. The summed E-state index contributed by atoms with van der Waals surface area (Å²) in [6.45, 7) is 5.18. The van der Waals surface area contributed by atoms with Gasteiger partial charge in [0.1, 0.15) is 6.10 Å². The highest BCUT2D eigenvalue weighted by Gasteiger charge is 2.34. The van der Waals surface area contributed by atoms with Gasteiger partial charge in [-0.2, -0.15) is 0 Å². The van der Waals surface area contributed by atoms with Crippen molar-refractivity contribution in [1.82, 2.24) is 15.5 Å². The van der Waals surface area contributed by atoms with Crippen molar-refractivity contribution in [3.8, 4) is 0 Å². The molecule has 2 heterocycles. The average molecular weight is 410 g/mol. The molecule has 0 aliphatic carbocycles. The maximum Gasteiger partial charge on any atom is 0.250 e. The summed E-state index contributed by atoms with van der Waals surface area (Å²) < 4.78 is 0. The maximum atomic E-state index is 12.8. The molecule has 0 aromatic heterocycles. The number of rotatable bonds is 5. The van der Waals surface area contributed by atoms with E-state index in [1.807, 2.05) is 24.0 Å². The third-order valence-corrected chi connectivity index (χ3v) is 5.88. The molecule has 9 heteroatoms. The molecular formula is C19H28ClN5O3. The number of benzene rings is 1. The second-order valence-electron chi connectivity index (χ2n) is 7.35. The molecule has 2 saturated heterocycles. The Morgan fingerprint density at radius 2 is 2.07 bits per heavy atom. The number of nitrogens with two attached hydrogens (primary N) is 1. The lowest BCUT2D eigenvalue weighted by molar-refractivity contribution is -0.133. The summed E-state index contributed by atoms with van der Waals surface area (Å²) in [6, 6.07) is 5.38. The van der Waals surface area contributed by atoms with Crippen LogP contribution in [0, 0.1) is 6.92 Å². The molecular weight excluding hydrogens is 382 g/mol. The molecule has 2 amide bonds. The summed E-state index contributed by atoms with van der Waals surface area (Å²) in [7, 11) is 0. The quantitative estimate of drug-likeness (QED) is 0.520. The van der Waals surface area contributed by atoms with Crippen LogP contribution >= 0.6 is 11.6 Å². The standard InChI is InChI=1S/C19H28ClN5O3/c1-12-14(20)3-2-4-16(12)24-5-7-25(8-6-24)19(28)15-9-13(11-22-15)23-18(27)17(26)10-21/h2-4,13,15,17,22,26H,5-11,21H2,1H3,(H,23,27)/t13?,15-,17+/m0/s1. The van der Waals surface area contributed by atoms with E-state index in [1.54, 1.807) is 0 Å². The minimum atomic E-state index is -1.21. The monoisotopic (exact) mass is 409 g/mol. The Balaban J connectivity index is 1.50. The number of hydrogen-bond donors (Lipinski definition) is 4. The van der Waals surface area contributed by atoms with Crippen molar-refractivity contribution < 1.29 is 14.7 Å². The molecule has 1 unspecified atom stereocenters. The molecule has 2 aliphatic heterocycles. The van der Waals surface area contributed by atoms with Gasteiger partial charge in [0.2, 0.25) is 11.8 Å². The summed E-state index contributed by atoms with van der Waals surface area (Å²) in [5.41, 5.74) is 7.46. The zero-order chi connectivity index (χ0) is 20.3. The third kappa shape index (κ3) is 4.57. The van der Waals surface area contributed by atoms with Crippen LogP contribution in [0.4, 0.5) is 5.69 Å². The average Bonchev–Trinajstić information content (AvgIpc) is 3.17. The molecule has 3 atom stereocenters. The second-order valence-corrected chi connectivity index (χ2v) is 7.76. The van der Waals surface area contributed by atoms with E-state index in [2.05, 4.69) is 21.6 Å². The van der Waals surface area contributed by atoms with E-state index < -0.39 is 12.0 Å². The molecule has 1 aromatic rings. The lowest BCUT2D eigenvalue weighted by Gasteiger charge is -2.38. The highest BCUT2D eigenvalue weighted by molar-refractivity contribution is 6.31. The molecule has 0 bridgehead atoms. The number of carbonyl (C=O) groups excluding carboxylic acids is 2. The number of piperazine rings is 1. The molecule has 0 spiro atoms. The predicted octanol–water partition coefficient (Wildman–Crippen LogP) is -0.537. The van der Waals surface area contributed by atoms with Crippen LogP contribution in [0.25, 0.3) is 0 Å². The zero-order valence-electron chi connectivity index (χ0n) is 16.0. The van der Waals surface area contributed by atoms with Crippen LogP contribution in [0.1, 0.15) is 12.0 Å². The van der Waals surface area contributed by atoms with Crippen molar-refractivity contribution in [2.45, 2.75) is 31.5 Å². The van der Waals surface area contributed by atoms with E-state index in [9.17, 15) is 14.7 Å². The Hall–Kier alpha value is -1.87. The van der Waals surface area contributed by atoms with Crippen molar-refractivity contribution in [2.24, 2.45) is 5.73 Å². The normalized spacial score (nSPS) is 23.6. The van der Waals surface area contributed by atoms with Crippen molar-refractivity contribution >= 4 is 29.1 Å². The molecule has 28 heavy (non-hydrogen) atoms. The van der Waals surface area contributed by atoms with E-state index >= 15 is 0 Å². The van der Waals surface area contributed by atoms with E-state index in [1.165, 1.54) is 0 Å². The smallest absolute Gasteiger partial charge is 0.250 e. The van der Waals surface area contributed by atoms with Crippen molar-refractivity contribution in [3.05, 3.63) is 28.8 Å². The van der Waals surface area contributed by atoms with Gasteiger partial charge in [0, 0.05) is 56.0 Å². The van der Waals surface area contributed by atoms with E-state index in [0.29, 0.717) is 26.1 Å². The summed E-state index contributed by atoms with van der Waals surface area (Å²) in [6.07, 6.45) is -0.701. The Morgan fingerprint density at radius 3 is 2.75 bits per heavy atom. The van der Waals surface area contributed by atoms with E-state index in [4.69, 9.17) is 17.3 Å². The molecule has 0 radical (unpaired) electrons. The predicted molar refractivity (Wildman–Crippen MR) is 108 cm³/mol. The Labute approximate surface area is 170 Å². The maximum absolute atomic E-state index is 12.8. The number of nitrogens with zero attached hydrogens (tertiary/aromatic N) is 2. The van der Waals surface area contributed by atoms with Crippen molar-refractivity contribution in [3.63, 3.8) is 0 Å². The minimum Gasteiger partial charge on any atom is -0.382 e. The lowest BCUT2D eigenvalue weighted by atomic mass is 10.1. The fourth-order valence-electron chi connectivity index (χ4n) is 3.76. The molecule has 5 N–H and O–H groups in total. The third-order valence-electron chi connectivity index (χ3n) is 5.47. The van der Waals surface area contributed by atoms with Crippen LogP contribution < -0.4 is 21.3 Å². The van der Waals surface area contributed by atoms with Gasteiger partial charge in [-0.1, -0.05) is 17.7 Å². The molecule has 8 nitrogen and oxygen atoms in total. The Morgan fingerprint density at radius 1 is 1.36 bits per heavy atom. The fraction of sp³-hybridized carbons (Fsp3) is 0.579. The lowest BCUT2D eigenvalue weighted by Crippen LogP contribution is -2.53. The number of aliphatic hydroxyl groups is 1. The minimum absolute atomic E-state index is 0.0542. The van der Waals surface area contributed by atoms with Crippen LogP contribution in [0.2, 0.25) is 5.02 Å². The topological polar surface area (TPSA) is 111 Å². The highest BCUT2D eigenvalue weighted by atomic mass is 35.5. The van der Waals surface area contributed by atoms with Crippen molar-refractivity contribution in [2.75, 3.05) is 44.2 Å². The highest BCUT2D eigenvalue weighted by Crippen LogP contribution is 2.27. The van der Waals surface area contributed by atoms with Gasteiger partial charge in [0.15, 0.2) is 0 Å². The summed E-state index contributed by atoms with van der Waals surface area (Å²) in [5.74, 6) is -0.438. The first-order valence-corrected chi connectivity index (χ1v) is 9.99. The number of carbonyl (C=O) groups is 2. The van der Waals surface area contributed by atoms with Gasteiger partial charge in [-0.3, -0.25) is 9.59 Å². The van der Waals surface area contributed by atoms with Gasteiger partial charge in [-0.25, -0.2) is 0 Å². The molecule has 2 fully saturated rings. The first-order valence-electron chi connectivity index (χ1n) is 9.61. The molecule has 0 saturated carbocycles. The first-order chi connectivity index (χ1) is 13.4. The van der Waals surface area contributed by atoms with Crippen LogP contribution in [-0.2, 0) is 9.59 Å². The molecule has 1 aromatic carbocycles. The van der Waals surface area contributed by atoms with E-state index in [-0.39, 0.29) is 24.5 Å². The number of nitrogens with one attached hydrogen (secondary N) is 2. The number of halogens is 1. The van der Waals surface area contributed by atoms with Gasteiger partial charge in [-0.15, -0.1) is 0 Å². The first kappa shape index (κ1) is 20.9. The van der Waals surface area contributed by atoms with Crippen LogP contribution in [0.15, 0.2) is 18.2 Å². The van der Waals surface area contributed by atoms with E-state index in [0.717, 1.165) is 29.4 Å². The van der Waals surface area contributed by atoms with Crippen molar-refractivity contribution in [1.29, 1.82) is 0 Å². The van der Waals surface area contributed by atoms with Gasteiger partial charge in [0.05, 0.1) is 6.04 Å². The zero-order valence-corrected chi connectivity index (χ0v) is 16.8. The van der Waals surface area contributed by atoms with Gasteiger partial charge < -0.3 is 31.3 Å².